The van der Waals surface area contributed by atoms with Gasteiger partial charge in [-0.15, -0.1) is 0 Å². The molecule has 0 radical (unpaired) electrons. The van der Waals surface area contributed by atoms with Gasteiger partial charge >= 0.3 is 11.9 Å². The first kappa shape index (κ1) is 11.1. The molecule has 1 unspecified atom stereocenters. The number of carbonyl (C=O) groups is 2. The van der Waals surface area contributed by atoms with Crippen molar-refractivity contribution in [2.75, 3.05) is 11.9 Å². The lowest BCUT2D eigenvalue weighted by Crippen LogP contribution is -2.40. The zero-order chi connectivity index (χ0) is 11.4. The molecule has 0 bridgehead atoms. The zero-order valence-electron chi connectivity index (χ0n) is 8.08. The van der Waals surface area contributed by atoms with Crippen LogP contribution < -0.4 is 4.90 Å². The van der Waals surface area contributed by atoms with Crippen molar-refractivity contribution in [3.63, 3.8) is 0 Å². The summed E-state index contributed by atoms with van der Waals surface area (Å²) in [7, 11) is 1.51. The molecular weight excluding hydrogens is 202 g/mol. The molecule has 0 saturated heterocycles. The van der Waals surface area contributed by atoms with Crippen LogP contribution in [0.4, 0.5) is 5.69 Å². The fourth-order valence-corrected chi connectivity index (χ4v) is 1.19. The molecule has 2 N–H and O–H groups in total. The maximum atomic E-state index is 10.8. The van der Waals surface area contributed by atoms with Crippen molar-refractivity contribution in [2.24, 2.45) is 0 Å². The van der Waals surface area contributed by atoms with Crippen LogP contribution in [-0.4, -0.2) is 35.2 Å². The summed E-state index contributed by atoms with van der Waals surface area (Å²) in [6, 6.07) is 0.470. The Hall–Kier alpha value is -1.98. The summed E-state index contributed by atoms with van der Waals surface area (Å²) in [5.41, 5.74) is 0.531. The van der Waals surface area contributed by atoms with Gasteiger partial charge in [-0.1, -0.05) is 0 Å². The van der Waals surface area contributed by atoms with Gasteiger partial charge in [-0.25, -0.2) is 4.79 Å². The van der Waals surface area contributed by atoms with Crippen molar-refractivity contribution in [1.29, 1.82) is 0 Å². The lowest BCUT2D eigenvalue weighted by atomic mass is 10.2. The molecule has 0 aliphatic heterocycles. The van der Waals surface area contributed by atoms with Crippen LogP contribution in [0.15, 0.2) is 23.0 Å². The van der Waals surface area contributed by atoms with E-state index in [-0.39, 0.29) is 0 Å². The van der Waals surface area contributed by atoms with Gasteiger partial charge in [-0.3, -0.25) is 4.79 Å². The minimum Gasteiger partial charge on any atom is -0.481 e. The third-order valence-electron chi connectivity index (χ3n) is 2.03. The number of aliphatic carboxylic acids is 2. The van der Waals surface area contributed by atoms with Crippen LogP contribution in [-0.2, 0) is 9.59 Å². The van der Waals surface area contributed by atoms with E-state index in [4.69, 9.17) is 14.6 Å². The van der Waals surface area contributed by atoms with Crippen molar-refractivity contribution >= 4 is 17.6 Å². The molecule has 1 heterocycles. The lowest BCUT2D eigenvalue weighted by molar-refractivity contribution is -0.145. The van der Waals surface area contributed by atoms with Crippen molar-refractivity contribution in [1.82, 2.24) is 0 Å². The summed E-state index contributed by atoms with van der Waals surface area (Å²) < 4.78 is 4.79. The number of hydrogen-bond acceptors (Lipinski definition) is 4. The second-order valence-electron chi connectivity index (χ2n) is 3.04. The van der Waals surface area contributed by atoms with E-state index in [1.165, 1.54) is 24.5 Å². The maximum Gasteiger partial charge on any atom is 0.326 e. The fraction of sp³-hybridized carbons (Fsp3) is 0.333. The van der Waals surface area contributed by atoms with Gasteiger partial charge in [0.25, 0.3) is 0 Å². The average molecular weight is 213 g/mol. The molecular formula is C9H11NO5. The number of hydrogen-bond donors (Lipinski definition) is 2. The Balaban J connectivity index is 2.80. The predicted molar refractivity (Wildman–Crippen MR) is 50.8 cm³/mol. The Morgan fingerprint density at radius 1 is 1.53 bits per heavy atom. The molecule has 82 valence electrons. The highest BCUT2D eigenvalue weighted by atomic mass is 16.4. The van der Waals surface area contributed by atoms with Gasteiger partial charge in [-0.2, -0.15) is 0 Å². The first-order valence-electron chi connectivity index (χ1n) is 4.22. The predicted octanol–water partition coefficient (Wildman–Crippen LogP) is 0.644. The molecule has 0 spiro atoms. The van der Waals surface area contributed by atoms with Crippen LogP contribution in [0.1, 0.15) is 6.42 Å². The van der Waals surface area contributed by atoms with Gasteiger partial charge in [0.05, 0.1) is 18.4 Å². The van der Waals surface area contributed by atoms with E-state index in [2.05, 4.69) is 0 Å². The first-order chi connectivity index (χ1) is 7.02. The highest BCUT2D eigenvalue weighted by Crippen LogP contribution is 2.17. The molecule has 0 fully saturated rings. The summed E-state index contributed by atoms with van der Waals surface area (Å²) in [5.74, 6) is -2.33. The van der Waals surface area contributed by atoms with Gasteiger partial charge in [0.15, 0.2) is 0 Å². The SMILES string of the molecule is CN(c1ccoc1)C(CC(=O)O)C(=O)O. The van der Waals surface area contributed by atoms with Crippen molar-refractivity contribution in [2.45, 2.75) is 12.5 Å². The molecule has 0 aliphatic carbocycles. The van der Waals surface area contributed by atoms with Gasteiger partial charge in [-0.05, 0) is 6.07 Å². The molecule has 0 saturated carbocycles. The largest absolute Gasteiger partial charge is 0.481 e. The van der Waals surface area contributed by atoms with E-state index < -0.39 is 24.4 Å². The summed E-state index contributed by atoms with van der Waals surface area (Å²) >= 11 is 0. The molecule has 6 nitrogen and oxygen atoms in total. The van der Waals surface area contributed by atoms with Gasteiger partial charge < -0.3 is 19.5 Å². The zero-order valence-corrected chi connectivity index (χ0v) is 8.08. The quantitative estimate of drug-likeness (QED) is 0.745. The van der Waals surface area contributed by atoms with Crippen LogP contribution in [0.3, 0.4) is 0 Å². The molecule has 6 heteroatoms. The number of carboxylic acids is 2. The van der Waals surface area contributed by atoms with E-state index in [9.17, 15) is 9.59 Å². The molecule has 1 rings (SSSR count). The van der Waals surface area contributed by atoms with E-state index in [0.29, 0.717) is 5.69 Å². The van der Waals surface area contributed by atoms with Crippen molar-refractivity contribution < 1.29 is 24.2 Å². The average Bonchev–Trinajstić information content (AvgIpc) is 2.65. The molecule has 0 aromatic carbocycles. The Kier molecular flexibility index (Phi) is 3.33. The lowest BCUT2D eigenvalue weighted by Gasteiger charge is -2.23. The number of furan rings is 1. The molecule has 15 heavy (non-hydrogen) atoms. The van der Waals surface area contributed by atoms with Gasteiger partial charge in [0.2, 0.25) is 0 Å². The summed E-state index contributed by atoms with van der Waals surface area (Å²) in [6.45, 7) is 0. The number of anilines is 1. The number of carboxylic acid groups (broad SMARTS) is 2. The summed E-state index contributed by atoms with van der Waals surface area (Å²) in [5, 5.41) is 17.4. The highest BCUT2D eigenvalue weighted by Gasteiger charge is 2.26. The molecule has 0 amide bonds. The number of nitrogens with zero attached hydrogens (tertiary/aromatic N) is 1. The van der Waals surface area contributed by atoms with E-state index >= 15 is 0 Å². The normalized spacial score (nSPS) is 12.1. The van der Waals surface area contributed by atoms with Crippen molar-refractivity contribution in [3.05, 3.63) is 18.6 Å². The minimum absolute atomic E-state index is 0.461. The Bertz CT molecular complexity index is 345. The maximum absolute atomic E-state index is 10.8. The molecule has 1 atom stereocenters. The fourth-order valence-electron chi connectivity index (χ4n) is 1.19. The monoisotopic (exact) mass is 213 g/mol. The third kappa shape index (κ3) is 2.73. The van der Waals surface area contributed by atoms with E-state index in [0.717, 1.165) is 0 Å². The second-order valence-corrected chi connectivity index (χ2v) is 3.04. The van der Waals surface area contributed by atoms with E-state index in [1.807, 2.05) is 0 Å². The number of rotatable bonds is 5. The smallest absolute Gasteiger partial charge is 0.326 e. The Morgan fingerprint density at radius 3 is 2.60 bits per heavy atom. The van der Waals surface area contributed by atoms with Gasteiger partial charge in [0, 0.05) is 7.05 Å². The minimum atomic E-state index is -1.18. The number of likely N-dealkylation sites (N-methyl/N-ethyl adjacent to an activating group) is 1. The Morgan fingerprint density at radius 2 is 2.20 bits per heavy atom. The van der Waals surface area contributed by atoms with E-state index in [1.54, 1.807) is 6.07 Å². The van der Waals surface area contributed by atoms with Crippen LogP contribution in [0, 0.1) is 0 Å². The summed E-state index contributed by atoms with van der Waals surface area (Å²) in [6.07, 6.45) is 2.29. The molecule has 1 aromatic rings. The third-order valence-corrected chi connectivity index (χ3v) is 2.03. The van der Waals surface area contributed by atoms with Gasteiger partial charge in [0.1, 0.15) is 12.3 Å². The summed E-state index contributed by atoms with van der Waals surface area (Å²) in [4.78, 5) is 22.7. The van der Waals surface area contributed by atoms with Crippen LogP contribution in [0.2, 0.25) is 0 Å². The van der Waals surface area contributed by atoms with Crippen LogP contribution in [0.25, 0.3) is 0 Å². The first-order valence-corrected chi connectivity index (χ1v) is 4.22. The topological polar surface area (TPSA) is 91.0 Å². The molecule has 0 aliphatic rings. The Labute approximate surface area is 85.7 Å². The van der Waals surface area contributed by atoms with Crippen molar-refractivity contribution in [3.8, 4) is 0 Å². The van der Waals surface area contributed by atoms with Crippen LogP contribution in [0.5, 0.6) is 0 Å². The highest BCUT2D eigenvalue weighted by molar-refractivity contribution is 5.83. The molecule has 1 aromatic heterocycles. The second kappa shape index (κ2) is 4.50. The van der Waals surface area contributed by atoms with Crippen LogP contribution >= 0.6 is 0 Å². The standard InChI is InChI=1S/C9H11NO5/c1-10(6-2-3-15-5-6)7(9(13)14)4-8(11)12/h2-3,5,7H,4H2,1H3,(H,11,12)(H,13,14).